The third-order valence-electron chi connectivity index (χ3n) is 3.41. The average Bonchev–Trinajstić information content (AvgIpc) is 2.38. The zero-order valence-corrected chi connectivity index (χ0v) is 15.8. The van der Waals surface area contributed by atoms with Crippen LogP contribution >= 0.6 is 11.8 Å². The summed E-state index contributed by atoms with van der Waals surface area (Å²) in [7, 11) is 0. The van der Waals surface area contributed by atoms with Crippen LogP contribution in [0.2, 0.25) is 0 Å². The van der Waals surface area contributed by atoms with Crippen molar-refractivity contribution in [3.05, 3.63) is 0 Å². The molecule has 0 saturated heterocycles. The van der Waals surface area contributed by atoms with Crippen LogP contribution in [0.3, 0.4) is 0 Å². The predicted octanol–water partition coefficient (Wildman–Crippen LogP) is 5.85. The highest BCUT2D eigenvalue weighted by molar-refractivity contribution is 8.00. The maximum atomic E-state index is 12.1. The summed E-state index contributed by atoms with van der Waals surface area (Å²) < 4.78 is 41.6. The fourth-order valence-electron chi connectivity index (χ4n) is 2.02. The molecule has 0 bridgehead atoms. The van der Waals surface area contributed by atoms with Crippen LogP contribution in [0.15, 0.2) is 0 Å². The fourth-order valence-corrected chi connectivity index (χ4v) is 3.03. The van der Waals surface area contributed by atoms with Crippen LogP contribution in [-0.4, -0.2) is 29.3 Å². The highest BCUT2D eigenvalue weighted by Gasteiger charge is 2.27. The lowest BCUT2D eigenvalue weighted by Crippen LogP contribution is -2.26. The van der Waals surface area contributed by atoms with E-state index < -0.39 is 12.6 Å². The number of ether oxygens (including phenoxy) is 1. The second kappa shape index (κ2) is 10.5. The first-order valence-corrected chi connectivity index (χ1v) is 9.26. The van der Waals surface area contributed by atoms with Crippen LogP contribution in [0.1, 0.15) is 66.7 Å². The first-order valence-electron chi connectivity index (χ1n) is 8.27. The Kier molecular flexibility index (Phi) is 10.3. The number of carbonyl (C=O) groups excluding carboxylic acids is 1. The molecule has 0 aliphatic rings. The van der Waals surface area contributed by atoms with Gasteiger partial charge in [-0.15, -0.1) is 0 Å². The molecular weight excluding hydrogens is 325 g/mol. The SMILES string of the molecule is CC(C)CC(=O)OCC(C)(C)SCCCC(C)CCC(F)(F)F. The lowest BCUT2D eigenvalue weighted by atomic mass is 10.0. The van der Waals surface area contributed by atoms with Crippen molar-refractivity contribution in [2.24, 2.45) is 11.8 Å². The molecule has 0 heterocycles. The average molecular weight is 356 g/mol. The molecule has 0 fully saturated rings. The highest BCUT2D eigenvalue weighted by atomic mass is 32.2. The zero-order chi connectivity index (χ0) is 18.1. The molecule has 0 aliphatic carbocycles. The molecule has 0 amide bonds. The summed E-state index contributed by atoms with van der Waals surface area (Å²) in [5.41, 5.74) is 0. The monoisotopic (exact) mass is 356 g/mol. The number of esters is 1. The van der Waals surface area contributed by atoms with Gasteiger partial charge in [0.05, 0.1) is 0 Å². The Morgan fingerprint density at radius 2 is 1.74 bits per heavy atom. The molecule has 2 nitrogen and oxygen atoms in total. The molecule has 1 unspecified atom stereocenters. The molecule has 0 spiro atoms. The van der Waals surface area contributed by atoms with Crippen LogP contribution in [0.4, 0.5) is 13.2 Å². The Morgan fingerprint density at radius 3 is 2.26 bits per heavy atom. The number of rotatable bonds is 11. The number of hydrogen-bond donors (Lipinski definition) is 0. The van der Waals surface area contributed by atoms with Gasteiger partial charge in [-0.25, -0.2) is 0 Å². The van der Waals surface area contributed by atoms with E-state index in [-0.39, 0.29) is 29.0 Å². The standard InChI is InChI=1S/C17H31F3O2S/c1-13(2)11-15(21)22-12-16(4,5)23-10-6-7-14(3)8-9-17(18,19)20/h13-14H,6-12H2,1-5H3. The summed E-state index contributed by atoms with van der Waals surface area (Å²) >= 11 is 1.71. The third-order valence-corrected chi connectivity index (χ3v) is 4.80. The van der Waals surface area contributed by atoms with E-state index in [1.165, 1.54) is 0 Å². The van der Waals surface area contributed by atoms with Crippen LogP contribution in [0, 0.1) is 11.8 Å². The summed E-state index contributed by atoms with van der Waals surface area (Å²) in [5.74, 6) is 1.07. The maximum absolute atomic E-state index is 12.1. The van der Waals surface area contributed by atoms with E-state index in [0.29, 0.717) is 13.0 Å². The predicted molar refractivity (Wildman–Crippen MR) is 90.6 cm³/mol. The second-order valence-corrected chi connectivity index (χ2v) is 9.07. The van der Waals surface area contributed by atoms with Crippen LogP contribution in [0.25, 0.3) is 0 Å². The number of thioether (sulfide) groups is 1. The number of halogens is 3. The highest BCUT2D eigenvalue weighted by Crippen LogP contribution is 2.29. The number of hydrogen-bond acceptors (Lipinski definition) is 3. The molecule has 0 saturated carbocycles. The van der Waals surface area contributed by atoms with Gasteiger partial charge in [0.15, 0.2) is 0 Å². The second-order valence-electron chi connectivity index (χ2n) is 7.27. The molecule has 138 valence electrons. The summed E-state index contributed by atoms with van der Waals surface area (Å²) in [6, 6.07) is 0. The number of alkyl halides is 3. The first-order chi connectivity index (χ1) is 10.4. The van der Waals surface area contributed by atoms with Crippen molar-refractivity contribution in [2.45, 2.75) is 77.6 Å². The van der Waals surface area contributed by atoms with E-state index in [1.54, 1.807) is 11.8 Å². The molecule has 0 aromatic rings. The van der Waals surface area contributed by atoms with Crippen LogP contribution < -0.4 is 0 Å². The van der Waals surface area contributed by atoms with Gasteiger partial charge in [0.2, 0.25) is 0 Å². The summed E-state index contributed by atoms with van der Waals surface area (Å²) in [6.07, 6.45) is -2.44. The molecule has 0 aromatic carbocycles. The van der Waals surface area contributed by atoms with Gasteiger partial charge < -0.3 is 4.74 Å². The molecule has 23 heavy (non-hydrogen) atoms. The maximum Gasteiger partial charge on any atom is 0.389 e. The minimum Gasteiger partial charge on any atom is -0.464 e. The minimum atomic E-state index is -4.05. The molecule has 6 heteroatoms. The van der Waals surface area contributed by atoms with E-state index in [0.717, 1.165) is 18.6 Å². The largest absolute Gasteiger partial charge is 0.464 e. The Balaban J connectivity index is 3.82. The molecule has 1 atom stereocenters. The molecule has 0 rings (SSSR count). The van der Waals surface area contributed by atoms with Gasteiger partial charge in [-0.05, 0) is 50.7 Å². The Hall–Kier alpha value is -0.390. The van der Waals surface area contributed by atoms with E-state index in [1.807, 2.05) is 34.6 Å². The fraction of sp³-hybridized carbons (Fsp3) is 0.941. The van der Waals surface area contributed by atoms with Crippen molar-refractivity contribution >= 4 is 17.7 Å². The van der Waals surface area contributed by atoms with Gasteiger partial charge in [0, 0.05) is 17.6 Å². The van der Waals surface area contributed by atoms with E-state index in [9.17, 15) is 18.0 Å². The van der Waals surface area contributed by atoms with E-state index in [4.69, 9.17) is 4.74 Å². The minimum absolute atomic E-state index is 0.0872. The third kappa shape index (κ3) is 14.9. The topological polar surface area (TPSA) is 26.3 Å². The van der Waals surface area contributed by atoms with Gasteiger partial charge in [-0.2, -0.15) is 24.9 Å². The van der Waals surface area contributed by atoms with Gasteiger partial charge in [-0.1, -0.05) is 20.8 Å². The normalized spacial score (nSPS) is 14.1. The van der Waals surface area contributed by atoms with Crippen molar-refractivity contribution < 1.29 is 22.7 Å². The quantitative estimate of drug-likeness (QED) is 0.343. The summed E-state index contributed by atoms with van der Waals surface area (Å²) in [4.78, 5) is 11.5. The summed E-state index contributed by atoms with van der Waals surface area (Å²) in [6.45, 7) is 10.2. The molecule has 0 N–H and O–H groups in total. The van der Waals surface area contributed by atoms with Crippen molar-refractivity contribution in [3.8, 4) is 0 Å². The zero-order valence-electron chi connectivity index (χ0n) is 15.0. The Labute approximate surface area is 142 Å². The van der Waals surface area contributed by atoms with Crippen molar-refractivity contribution in [1.29, 1.82) is 0 Å². The van der Waals surface area contributed by atoms with Gasteiger partial charge >= 0.3 is 12.1 Å². The van der Waals surface area contributed by atoms with Gasteiger partial charge in [0.25, 0.3) is 0 Å². The Bertz CT molecular complexity index is 341. The van der Waals surface area contributed by atoms with Crippen LogP contribution in [0.5, 0.6) is 0 Å². The lowest BCUT2D eigenvalue weighted by molar-refractivity contribution is -0.145. The van der Waals surface area contributed by atoms with Gasteiger partial charge in [-0.3, -0.25) is 4.79 Å². The molecule has 0 aliphatic heterocycles. The number of carbonyl (C=O) groups is 1. The molecule has 0 aromatic heterocycles. The van der Waals surface area contributed by atoms with Crippen molar-refractivity contribution in [2.75, 3.05) is 12.4 Å². The molecule has 0 radical (unpaired) electrons. The molecular formula is C17H31F3O2S. The van der Waals surface area contributed by atoms with E-state index >= 15 is 0 Å². The summed E-state index contributed by atoms with van der Waals surface area (Å²) in [5, 5.41) is 0. The van der Waals surface area contributed by atoms with Gasteiger partial charge in [0.1, 0.15) is 6.61 Å². The Morgan fingerprint density at radius 1 is 1.13 bits per heavy atom. The first kappa shape index (κ1) is 22.6. The van der Waals surface area contributed by atoms with Crippen molar-refractivity contribution in [1.82, 2.24) is 0 Å². The van der Waals surface area contributed by atoms with Crippen molar-refractivity contribution in [3.63, 3.8) is 0 Å². The van der Waals surface area contributed by atoms with Crippen LogP contribution in [-0.2, 0) is 9.53 Å². The van der Waals surface area contributed by atoms with E-state index in [2.05, 4.69) is 0 Å². The lowest BCUT2D eigenvalue weighted by Gasteiger charge is -2.24. The smallest absolute Gasteiger partial charge is 0.389 e.